The average Bonchev–Trinajstić information content (AvgIpc) is 2.92. The van der Waals surface area contributed by atoms with Gasteiger partial charge in [-0.25, -0.2) is 0 Å². The summed E-state index contributed by atoms with van der Waals surface area (Å²) < 4.78 is 0. The van der Waals surface area contributed by atoms with Gasteiger partial charge >= 0.3 is 0 Å². The number of hydrogen-bond acceptors (Lipinski definition) is 4. The molecule has 1 saturated heterocycles. The summed E-state index contributed by atoms with van der Waals surface area (Å²) in [6.07, 6.45) is 0.691. The topological polar surface area (TPSA) is 26.7 Å². The van der Waals surface area contributed by atoms with Crippen LogP contribution >= 0.6 is 11.3 Å². The fourth-order valence-electron chi connectivity index (χ4n) is 2.48. The highest BCUT2D eigenvalue weighted by Gasteiger charge is 2.22. The number of nitrogens with zero attached hydrogens (tertiary/aromatic N) is 2. The molecule has 1 unspecified atom stereocenters. The molecule has 1 aromatic rings. The van der Waals surface area contributed by atoms with Gasteiger partial charge in [-0.2, -0.15) is 11.3 Å². The quantitative estimate of drug-likeness (QED) is 0.887. The Labute approximate surface area is 114 Å². The minimum absolute atomic E-state index is 0.161. The minimum Gasteiger partial charge on any atom is -0.392 e. The number of aliphatic hydroxyl groups excluding tert-OH is 1. The van der Waals surface area contributed by atoms with Crippen LogP contribution in [0.15, 0.2) is 16.8 Å². The zero-order valence-electron chi connectivity index (χ0n) is 11.4. The average molecular weight is 268 g/mol. The second-order valence-electron chi connectivity index (χ2n) is 5.13. The molecule has 0 aromatic carbocycles. The summed E-state index contributed by atoms with van der Waals surface area (Å²) in [5, 5.41) is 14.1. The molecule has 0 amide bonds. The van der Waals surface area contributed by atoms with E-state index in [2.05, 4.69) is 33.6 Å². The molecular formula is C14H24N2OS. The molecule has 1 fully saturated rings. The van der Waals surface area contributed by atoms with Crippen LogP contribution < -0.4 is 0 Å². The van der Waals surface area contributed by atoms with E-state index in [1.807, 2.05) is 6.92 Å². The van der Waals surface area contributed by atoms with Gasteiger partial charge in [-0.1, -0.05) is 6.92 Å². The second kappa shape index (κ2) is 6.66. The Kier molecular flexibility index (Phi) is 5.18. The van der Waals surface area contributed by atoms with Crippen LogP contribution in [0, 0.1) is 0 Å². The predicted octanol–water partition coefficient (Wildman–Crippen LogP) is 2.20. The van der Waals surface area contributed by atoms with Gasteiger partial charge in [-0.05, 0) is 35.7 Å². The zero-order chi connectivity index (χ0) is 13.0. The molecule has 0 aliphatic carbocycles. The van der Waals surface area contributed by atoms with E-state index in [1.165, 1.54) is 5.56 Å². The van der Waals surface area contributed by atoms with Gasteiger partial charge < -0.3 is 5.11 Å². The monoisotopic (exact) mass is 268 g/mol. The lowest BCUT2D eigenvalue weighted by atomic mass is 10.1. The number of piperazine rings is 1. The van der Waals surface area contributed by atoms with E-state index in [1.54, 1.807) is 11.3 Å². The summed E-state index contributed by atoms with van der Waals surface area (Å²) in [5.74, 6) is 0. The molecule has 0 saturated carbocycles. The van der Waals surface area contributed by atoms with E-state index >= 15 is 0 Å². The third kappa shape index (κ3) is 3.54. The summed E-state index contributed by atoms with van der Waals surface area (Å²) in [5.41, 5.74) is 1.43. The Bertz CT molecular complexity index is 334. The van der Waals surface area contributed by atoms with Crippen molar-refractivity contribution in [1.82, 2.24) is 9.80 Å². The van der Waals surface area contributed by atoms with Crippen molar-refractivity contribution in [3.05, 3.63) is 22.4 Å². The van der Waals surface area contributed by atoms with Crippen molar-refractivity contribution >= 4 is 11.3 Å². The van der Waals surface area contributed by atoms with Crippen LogP contribution in [0.1, 0.15) is 31.9 Å². The van der Waals surface area contributed by atoms with E-state index in [4.69, 9.17) is 0 Å². The number of rotatable bonds is 5. The Morgan fingerprint density at radius 1 is 1.33 bits per heavy atom. The first kappa shape index (κ1) is 14.0. The molecule has 2 heterocycles. The number of hydrogen-bond donors (Lipinski definition) is 1. The van der Waals surface area contributed by atoms with E-state index in [-0.39, 0.29) is 6.10 Å². The van der Waals surface area contributed by atoms with Crippen LogP contribution in [-0.4, -0.2) is 53.7 Å². The SMILES string of the molecule is CC[C@@H](O)CN1CCN(C(C)c2ccsc2)CC1. The van der Waals surface area contributed by atoms with Gasteiger partial charge in [0.2, 0.25) is 0 Å². The predicted molar refractivity (Wildman–Crippen MR) is 77.0 cm³/mol. The molecule has 4 heteroatoms. The fourth-order valence-corrected chi connectivity index (χ4v) is 3.23. The van der Waals surface area contributed by atoms with Gasteiger partial charge in [0, 0.05) is 38.8 Å². The highest BCUT2D eigenvalue weighted by molar-refractivity contribution is 7.07. The highest BCUT2D eigenvalue weighted by atomic mass is 32.1. The highest BCUT2D eigenvalue weighted by Crippen LogP contribution is 2.23. The van der Waals surface area contributed by atoms with E-state index in [9.17, 15) is 5.11 Å². The Hall–Kier alpha value is -0.420. The maximum absolute atomic E-state index is 9.68. The van der Waals surface area contributed by atoms with Crippen molar-refractivity contribution in [3.63, 3.8) is 0 Å². The molecule has 2 atom stereocenters. The summed E-state index contributed by atoms with van der Waals surface area (Å²) in [6, 6.07) is 2.75. The number of β-amino-alcohol motifs (C(OH)–C–C–N with tert-alkyl or cyclic N) is 1. The molecule has 1 N–H and O–H groups in total. The molecule has 2 rings (SSSR count). The Morgan fingerprint density at radius 3 is 2.61 bits per heavy atom. The van der Waals surface area contributed by atoms with Gasteiger partial charge in [0.25, 0.3) is 0 Å². The van der Waals surface area contributed by atoms with Gasteiger partial charge in [0.15, 0.2) is 0 Å². The summed E-state index contributed by atoms with van der Waals surface area (Å²) >= 11 is 1.77. The molecular weight excluding hydrogens is 244 g/mol. The number of thiophene rings is 1. The standard InChI is InChI=1S/C14H24N2OS/c1-3-14(17)10-15-5-7-16(8-6-15)12(2)13-4-9-18-11-13/h4,9,11-12,14,17H,3,5-8,10H2,1-2H3/t12?,14-/m1/s1. The second-order valence-corrected chi connectivity index (χ2v) is 5.91. The summed E-state index contributed by atoms with van der Waals surface area (Å²) in [6.45, 7) is 9.52. The van der Waals surface area contributed by atoms with Crippen molar-refractivity contribution < 1.29 is 5.11 Å². The number of aliphatic hydroxyl groups is 1. The third-order valence-corrected chi connectivity index (χ3v) is 4.62. The van der Waals surface area contributed by atoms with Crippen LogP contribution in [0.3, 0.4) is 0 Å². The van der Waals surface area contributed by atoms with Crippen LogP contribution in [-0.2, 0) is 0 Å². The first-order valence-electron chi connectivity index (χ1n) is 6.87. The van der Waals surface area contributed by atoms with E-state index in [0.717, 1.165) is 39.1 Å². The first-order valence-corrected chi connectivity index (χ1v) is 7.81. The molecule has 0 radical (unpaired) electrons. The van der Waals surface area contributed by atoms with Crippen molar-refractivity contribution in [2.45, 2.75) is 32.4 Å². The molecule has 102 valence electrons. The zero-order valence-corrected chi connectivity index (χ0v) is 12.2. The lowest BCUT2D eigenvalue weighted by Crippen LogP contribution is -2.49. The molecule has 3 nitrogen and oxygen atoms in total. The van der Waals surface area contributed by atoms with Gasteiger partial charge in [-0.15, -0.1) is 0 Å². The molecule has 1 aliphatic heterocycles. The van der Waals surface area contributed by atoms with Crippen LogP contribution in [0.4, 0.5) is 0 Å². The van der Waals surface area contributed by atoms with E-state index in [0.29, 0.717) is 6.04 Å². The summed E-state index contributed by atoms with van der Waals surface area (Å²) in [4.78, 5) is 4.92. The largest absolute Gasteiger partial charge is 0.392 e. The maximum atomic E-state index is 9.68. The van der Waals surface area contributed by atoms with Gasteiger partial charge in [0.05, 0.1) is 6.10 Å². The fraction of sp³-hybridized carbons (Fsp3) is 0.714. The molecule has 0 bridgehead atoms. The van der Waals surface area contributed by atoms with Gasteiger partial charge in [0.1, 0.15) is 0 Å². The molecule has 1 aliphatic rings. The molecule has 1 aromatic heterocycles. The van der Waals surface area contributed by atoms with E-state index < -0.39 is 0 Å². The van der Waals surface area contributed by atoms with Gasteiger partial charge in [-0.3, -0.25) is 9.80 Å². The molecule has 0 spiro atoms. The third-order valence-electron chi connectivity index (χ3n) is 3.92. The van der Waals surface area contributed by atoms with Crippen molar-refractivity contribution in [2.75, 3.05) is 32.7 Å². The van der Waals surface area contributed by atoms with Crippen molar-refractivity contribution in [2.24, 2.45) is 0 Å². The lowest BCUT2D eigenvalue weighted by molar-refractivity contribution is 0.0580. The van der Waals surface area contributed by atoms with Crippen molar-refractivity contribution in [3.8, 4) is 0 Å². The normalized spacial score (nSPS) is 21.9. The van der Waals surface area contributed by atoms with Crippen molar-refractivity contribution in [1.29, 1.82) is 0 Å². The Morgan fingerprint density at radius 2 is 2.06 bits per heavy atom. The van der Waals surface area contributed by atoms with Crippen LogP contribution in [0.25, 0.3) is 0 Å². The Balaban J connectivity index is 1.79. The lowest BCUT2D eigenvalue weighted by Gasteiger charge is -2.38. The smallest absolute Gasteiger partial charge is 0.0664 e. The summed E-state index contributed by atoms with van der Waals surface area (Å²) in [7, 11) is 0. The minimum atomic E-state index is -0.161. The molecule has 18 heavy (non-hydrogen) atoms. The first-order chi connectivity index (χ1) is 8.70. The maximum Gasteiger partial charge on any atom is 0.0664 e. The van der Waals surface area contributed by atoms with Crippen LogP contribution in [0.5, 0.6) is 0 Å². The van der Waals surface area contributed by atoms with Crippen LogP contribution in [0.2, 0.25) is 0 Å².